The number of hydrogen-bond acceptors (Lipinski definition) is 4. The first-order valence-corrected chi connectivity index (χ1v) is 8.89. The number of amides is 1. The number of Topliss-reactive ketones (excluding diaryl/α,β-unsaturated/α-hetero) is 1. The van der Waals surface area contributed by atoms with Crippen molar-refractivity contribution in [3.05, 3.63) is 70.8 Å². The van der Waals surface area contributed by atoms with Gasteiger partial charge in [0.05, 0.1) is 6.10 Å². The van der Waals surface area contributed by atoms with Crippen LogP contribution in [0.5, 0.6) is 0 Å². The van der Waals surface area contributed by atoms with E-state index in [1.54, 1.807) is 24.3 Å². The molecule has 1 unspecified atom stereocenters. The van der Waals surface area contributed by atoms with Crippen LogP contribution < -0.4 is 5.32 Å². The molecule has 5 heteroatoms. The van der Waals surface area contributed by atoms with Crippen LogP contribution in [0.15, 0.2) is 48.5 Å². The lowest BCUT2D eigenvalue weighted by molar-refractivity contribution is 0.0842. The molecule has 26 heavy (non-hydrogen) atoms. The average molecular weight is 352 g/mol. The fourth-order valence-corrected chi connectivity index (χ4v) is 3.26. The van der Waals surface area contributed by atoms with Gasteiger partial charge in [-0.15, -0.1) is 0 Å². The van der Waals surface area contributed by atoms with Gasteiger partial charge in [0.2, 0.25) is 0 Å². The number of nitrogens with zero attached hydrogens (tertiary/aromatic N) is 1. The molecule has 2 aromatic carbocycles. The lowest BCUT2D eigenvalue weighted by Gasteiger charge is -2.30. The first-order valence-electron chi connectivity index (χ1n) is 8.89. The van der Waals surface area contributed by atoms with E-state index in [9.17, 15) is 14.7 Å². The highest BCUT2D eigenvalue weighted by molar-refractivity contribution is 5.99. The van der Waals surface area contributed by atoms with Crippen molar-refractivity contribution >= 4 is 11.7 Å². The topological polar surface area (TPSA) is 69.6 Å². The minimum absolute atomic E-state index is 0.0786. The molecule has 3 rings (SSSR count). The fraction of sp³-hybridized carbons (Fsp3) is 0.333. The number of nitrogens with one attached hydrogen (secondary N) is 1. The average Bonchev–Trinajstić information content (AvgIpc) is 2.66. The van der Waals surface area contributed by atoms with Crippen LogP contribution in [-0.2, 0) is 13.0 Å². The van der Waals surface area contributed by atoms with Crippen LogP contribution in [0.25, 0.3) is 0 Å². The minimum Gasteiger partial charge on any atom is -0.390 e. The molecule has 1 aliphatic heterocycles. The van der Waals surface area contributed by atoms with Crippen molar-refractivity contribution in [2.45, 2.75) is 26.0 Å². The van der Waals surface area contributed by atoms with Crippen LogP contribution >= 0.6 is 0 Å². The van der Waals surface area contributed by atoms with Crippen molar-refractivity contribution in [2.24, 2.45) is 0 Å². The highest BCUT2D eigenvalue weighted by Crippen LogP contribution is 2.18. The molecule has 0 radical (unpaired) electrons. The van der Waals surface area contributed by atoms with Gasteiger partial charge in [0.25, 0.3) is 5.91 Å². The van der Waals surface area contributed by atoms with Crippen molar-refractivity contribution in [2.75, 3.05) is 19.6 Å². The van der Waals surface area contributed by atoms with Gasteiger partial charge in [-0.1, -0.05) is 36.4 Å². The molecule has 1 aliphatic rings. The lowest BCUT2D eigenvalue weighted by Crippen LogP contribution is -2.42. The number of ketones is 1. The van der Waals surface area contributed by atoms with Crippen LogP contribution in [0.2, 0.25) is 0 Å². The Morgan fingerprint density at radius 3 is 2.62 bits per heavy atom. The number of hydrogen-bond donors (Lipinski definition) is 2. The van der Waals surface area contributed by atoms with E-state index in [0.29, 0.717) is 17.7 Å². The van der Waals surface area contributed by atoms with E-state index in [0.717, 1.165) is 19.5 Å². The summed E-state index contributed by atoms with van der Waals surface area (Å²) in [5.41, 5.74) is 3.61. The second-order valence-electron chi connectivity index (χ2n) is 6.75. The Hall–Kier alpha value is -2.50. The normalized spacial score (nSPS) is 15.2. The Kier molecular flexibility index (Phi) is 5.81. The molecule has 5 nitrogen and oxygen atoms in total. The van der Waals surface area contributed by atoms with Crippen molar-refractivity contribution < 1.29 is 14.7 Å². The van der Waals surface area contributed by atoms with Crippen molar-refractivity contribution in [3.63, 3.8) is 0 Å². The maximum atomic E-state index is 12.2. The van der Waals surface area contributed by atoms with E-state index in [2.05, 4.69) is 28.4 Å². The summed E-state index contributed by atoms with van der Waals surface area (Å²) in [5.74, 6) is -0.360. The standard InChI is InChI=1S/C21H24N2O3/c1-15(24)17-7-4-8-18(11-17)21(26)22-12-20(25)14-23-10-9-16-5-2-3-6-19(16)13-23/h2-8,11,20,25H,9-10,12-14H2,1H3,(H,22,26). The summed E-state index contributed by atoms with van der Waals surface area (Å²) in [7, 11) is 0. The van der Waals surface area contributed by atoms with Crippen molar-refractivity contribution in [3.8, 4) is 0 Å². The number of carbonyl (C=O) groups is 2. The molecule has 0 spiro atoms. The maximum absolute atomic E-state index is 12.2. The van der Waals surface area contributed by atoms with Gasteiger partial charge in [0, 0.05) is 37.3 Å². The Morgan fingerprint density at radius 2 is 1.85 bits per heavy atom. The van der Waals surface area contributed by atoms with Crippen molar-refractivity contribution in [1.82, 2.24) is 10.2 Å². The van der Waals surface area contributed by atoms with Crippen LogP contribution in [0.4, 0.5) is 0 Å². The van der Waals surface area contributed by atoms with E-state index in [-0.39, 0.29) is 18.2 Å². The SMILES string of the molecule is CC(=O)c1cccc(C(=O)NCC(O)CN2CCc3ccccc3C2)c1. The number of rotatable bonds is 6. The van der Waals surface area contributed by atoms with Crippen LogP contribution in [0.3, 0.4) is 0 Å². The van der Waals surface area contributed by atoms with E-state index < -0.39 is 6.10 Å². The summed E-state index contributed by atoms with van der Waals surface area (Å²) < 4.78 is 0. The Labute approximate surface area is 153 Å². The van der Waals surface area contributed by atoms with Crippen LogP contribution in [-0.4, -0.2) is 47.4 Å². The Morgan fingerprint density at radius 1 is 1.12 bits per heavy atom. The van der Waals surface area contributed by atoms with Crippen LogP contribution in [0, 0.1) is 0 Å². The Balaban J connectivity index is 1.50. The molecular formula is C21H24N2O3. The summed E-state index contributed by atoms with van der Waals surface area (Å²) in [5, 5.41) is 13.0. The monoisotopic (exact) mass is 352 g/mol. The molecule has 1 atom stereocenters. The zero-order valence-corrected chi connectivity index (χ0v) is 14.9. The molecule has 0 aromatic heterocycles. The second kappa shape index (κ2) is 8.25. The van der Waals surface area contributed by atoms with E-state index >= 15 is 0 Å². The van der Waals surface area contributed by atoms with E-state index in [4.69, 9.17) is 0 Å². The smallest absolute Gasteiger partial charge is 0.251 e. The summed E-state index contributed by atoms with van der Waals surface area (Å²) in [6, 6.07) is 15.0. The van der Waals surface area contributed by atoms with Gasteiger partial charge in [0.15, 0.2) is 5.78 Å². The third kappa shape index (κ3) is 4.56. The molecule has 136 valence electrons. The third-order valence-corrected chi connectivity index (χ3v) is 4.71. The van der Waals surface area contributed by atoms with E-state index in [1.165, 1.54) is 18.1 Å². The molecule has 2 aromatic rings. The molecular weight excluding hydrogens is 328 g/mol. The number of carbonyl (C=O) groups excluding carboxylic acids is 2. The predicted octanol–water partition coefficient (Wildman–Crippen LogP) is 2.04. The quantitative estimate of drug-likeness (QED) is 0.781. The highest BCUT2D eigenvalue weighted by atomic mass is 16.3. The second-order valence-corrected chi connectivity index (χ2v) is 6.75. The number of aliphatic hydroxyl groups excluding tert-OH is 1. The van der Waals surface area contributed by atoms with Gasteiger partial charge >= 0.3 is 0 Å². The van der Waals surface area contributed by atoms with Crippen molar-refractivity contribution in [1.29, 1.82) is 0 Å². The zero-order chi connectivity index (χ0) is 18.5. The largest absolute Gasteiger partial charge is 0.390 e. The molecule has 0 aliphatic carbocycles. The third-order valence-electron chi connectivity index (χ3n) is 4.71. The first-order chi connectivity index (χ1) is 12.5. The highest BCUT2D eigenvalue weighted by Gasteiger charge is 2.19. The van der Waals surface area contributed by atoms with Gasteiger partial charge in [-0.3, -0.25) is 14.5 Å². The molecule has 0 saturated heterocycles. The summed E-state index contributed by atoms with van der Waals surface area (Å²) in [6.07, 6.45) is 0.341. The zero-order valence-electron chi connectivity index (χ0n) is 14.9. The molecule has 1 amide bonds. The van der Waals surface area contributed by atoms with Gasteiger partial charge < -0.3 is 10.4 Å². The predicted molar refractivity (Wildman–Crippen MR) is 100 cm³/mol. The summed E-state index contributed by atoms with van der Waals surface area (Å²) in [4.78, 5) is 25.9. The Bertz CT molecular complexity index is 803. The number of aliphatic hydroxyl groups is 1. The van der Waals surface area contributed by atoms with Gasteiger partial charge in [-0.05, 0) is 36.6 Å². The molecule has 0 fully saturated rings. The minimum atomic E-state index is -0.639. The van der Waals surface area contributed by atoms with E-state index in [1.807, 2.05) is 6.07 Å². The summed E-state index contributed by atoms with van der Waals surface area (Å²) in [6.45, 7) is 3.89. The first kappa shape index (κ1) is 18.3. The van der Waals surface area contributed by atoms with Gasteiger partial charge in [-0.25, -0.2) is 0 Å². The van der Waals surface area contributed by atoms with Gasteiger partial charge in [-0.2, -0.15) is 0 Å². The molecule has 0 bridgehead atoms. The fourth-order valence-electron chi connectivity index (χ4n) is 3.26. The number of benzene rings is 2. The van der Waals surface area contributed by atoms with Crippen LogP contribution in [0.1, 0.15) is 38.8 Å². The molecule has 1 heterocycles. The number of β-amino-alcohol motifs (C(OH)–C–C–N with tert-alkyl or cyclic N) is 1. The van der Waals surface area contributed by atoms with Gasteiger partial charge in [0.1, 0.15) is 0 Å². The number of fused-ring (bicyclic) bond motifs is 1. The summed E-state index contributed by atoms with van der Waals surface area (Å²) >= 11 is 0. The lowest BCUT2D eigenvalue weighted by atomic mass is 10.00. The molecule has 0 saturated carbocycles. The molecule has 2 N–H and O–H groups in total. The maximum Gasteiger partial charge on any atom is 0.251 e.